The second kappa shape index (κ2) is 6.01. The second-order valence-corrected chi connectivity index (χ2v) is 5.09. The Hall–Kier alpha value is -2.27. The molecule has 1 aliphatic heterocycles. The van der Waals surface area contributed by atoms with Crippen molar-refractivity contribution in [2.75, 3.05) is 43.9 Å². The van der Waals surface area contributed by atoms with Crippen molar-refractivity contribution >= 4 is 11.5 Å². The van der Waals surface area contributed by atoms with E-state index in [0.29, 0.717) is 5.82 Å². The van der Waals surface area contributed by atoms with E-state index in [1.165, 1.54) is 5.69 Å². The molecule has 5 heteroatoms. The highest BCUT2D eigenvalue weighted by molar-refractivity contribution is 5.73. The Bertz CT molecular complexity index is 606. The van der Waals surface area contributed by atoms with Crippen LogP contribution in [0.25, 0.3) is 11.1 Å². The van der Waals surface area contributed by atoms with E-state index in [-0.39, 0.29) is 0 Å². The van der Waals surface area contributed by atoms with Gasteiger partial charge >= 0.3 is 0 Å². The van der Waals surface area contributed by atoms with E-state index < -0.39 is 0 Å². The van der Waals surface area contributed by atoms with Gasteiger partial charge in [-0.15, -0.1) is 0 Å². The Balaban J connectivity index is 1.93. The Morgan fingerprint density at radius 1 is 1.19 bits per heavy atom. The average Bonchev–Trinajstić information content (AvgIpc) is 2.56. The molecule has 1 aliphatic rings. The van der Waals surface area contributed by atoms with Crippen LogP contribution >= 0.6 is 0 Å². The molecule has 0 amide bonds. The van der Waals surface area contributed by atoms with Crippen LogP contribution in [-0.4, -0.2) is 38.3 Å². The molecule has 1 aromatic carbocycles. The number of benzene rings is 1. The van der Waals surface area contributed by atoms with Crippen LogP contribution in [0.3, 0.4) is 0 Å². The summed E-state index contributed by atoms with van der Waals surface area (Å²) in [6, 6.07) is 10.1. The predicted molar refractivity (Wildman–Crippen MR) is 85.7 cm³/mol. The van der Waals surface area contributed by atoms with E-state index in [1.807, 2.05) is 6.07 Å². The summed E-state index contributed by atoms with van der Waals surface area (Å²) in [5.41, 5.74) is 8.88. The Morgan fingerprint density at radius 3 is 2.67 bits per heavy atom. The summed E-state index contributed by atoms with van der Waals surface area (Å²) >= 11 is 0. The predicted octanol–water partition coefficient (Wildman–Crippen LogP) is 1.75. The number of nitrogens with zero attached hydrogens (tertiary/aromatic N) is 2. The molecule has 3 rings (SSSR count). The summed E-state index contributed by atoms with van der Waals surface area (Å²) in [5.74, 6) is 1.38. The number of nitrogen functional groups attached to an aromatic ring is 1. The summed E-state index contributed by atoms with van der Waals surface area (Å²) in [5, 5.41) is 3.36. The molecule has 0 radical (unpaired) electrons. The molecule has 2 aromatic rings. The first-order valence-electron chi connectivity index (χ1n) is 7.13. The zero-order chi connectivity index (χ0) is 14.7. The third-order valence-electron chi connectivity index (χ3n) is 3.76. The third-order valence-corrected chi connectivity index (χ3v) is 3.76. The molecule has 0 atom stereocenters. The first kappa shape index (κ1) is 13.7. The van der Waals surface area contributed by atoms with Gasteiger partial charge in [0, 0.05) is 55.3 Å². The number of pyridine rings is 1. The van der Waals surface area contributed by atoms with Crippen molar-refractivity contribution in [1.82, 2.24) is 10.3 Å². The average molecular weight is 284 g/mol. The number of anilines is 2. The van der Waals surface area contributed by atoms with Gasteiger partial charge in [0.2, 0.25) is 0 Å². The minimum atomic E-state index is 0.523. The minimum Gasteiger partial charge on any atom is -0.496 e. The molecule has 110 valence electrons. The minimum absolute atomic E-state index is 0.523. The van der Waals surface area contributed by atoms with Gasteiger partial charge in [0.1, 0.15) is 11.6 Å². The first-order chi connectivity index (χ1) is 10.3. The Kier molecular flexibility index (Phi) is 3.92. The van der Waals surface area contributed by atoms with Crippen LogP contribution in [-0.2, 0) is 0 Å². The number of rotatable bonds is 3. The molecule has 0 bridgehead atoms. The van der Waals surface area contributed by atoms with E-state index in [1.54, 1.807) is 19.4 Å². The fourth-order valence-electron chi connectivity index (χ4n) is 2.60. The van der Waals surface area contributed by atoms with Gasteiger partial charge in [-0.1, -0.05) is 0 Å². The van der Waals surface area contributed by atoms with Crippen LogP contribution in [0.1, 0.15) is 0 Å². The summed E-state index contributed by atoms with van der Waals surface area (Å²) in [7, 11) is 1.70. The maximum Gasteiger partial charge on any atom is 0.128 e. The van der Waals surface area contributed by atoms with Crippen molar-refractivity contribution in [2.24, 2.45) is 0 Å². The summed E-state index contributed by atoms with van der Waals surface area (Å²) in [6.07, 6.45) is 1.78. The number of aromatic nitrogens is 1. The highest BCUT2D eigenvalue weighted by atomic mass is 16.5. The van der Waals surface area contributed by atoms with E-state index >= 15 is 0 Å². The largest absolute Gasteiger partial charge is 0.496 e. The van der Waals surface area contributed by atoms with E-state index in [0.717, 1.165) is 43.1 Å². The van der Waals surface area contributed by atoms with E-state index in [4.69, 9.17) is 10.5 Å². The SMILES string of the molecule is COc1cc(N2CCNCC2)ccc1-c1ccc(N)nc1. The number of nitrogens with one attached hydrogen (secondary N) is 1. The van der Waals surface area contributed by atoms with E-state index in [9.17, 15) is 0 Å². The van der Waals surface area contributed by atoms with Crippen molar-refractivity contribution in [2.45, 2.75) is 0 Å². The maximum atomic E-state index is 5.64. The van der Waals surface area contributed by atoms with Crippen LogP contribution < -0.4 is 20.7 Å². The van der Waals surface area contributed by atoms with Gasteiger partial charge in [0.25, 0.3) is 0 Å². The Morgan fingerprint density at radius 2 is 2.00 bits per heavy atom. The smallest absolute Gasteiger partial charge is 0.128 e. The molecular weight excluding hydrogens is 264 g/mol. The lowest BCUT2D eigenvalue weighted by atomic mass is 10.1. The number of hydrogen-bond acceptors (Lipinski definition) is 5. The monoisotopic (exact) mass is 284 g/mol. The molecule has 0 unspecified atom stereocenters. The fourth-order valence-corrected chi connectivity index (χ4v) is 2.60. The molecular formula is C16H20N4O. The van der Waals surface area contributed by atoms with Crippen molar-refractivity contribution < 1.29 is 4.74 Å². The molecule has 1 aromatic heterocycles. The van der Waals surface area contributed by atoms with Crippen LogP contribution in [0.4, 0.5) is 11.5 Å². The molecule has 1 saturated heterocycles. The molecule has 2 heterocycles. The molecule has 5 nitrogen and oxygen atoms in total. The van der Waals surface area contributed by atoms with Gasteiger partial charge in [-0.3, -0.25) is 0 Å². The molecule has 0 spiro atoms. The highest BCUT2D eigenvalue weighted by Crippen LogP contribution is 2.33. The van der Waals surface area contributed by atoms with Gasteiger partial charge < -0.3 is 20.7 Å². The van der Waals surface area contributed by atoms with Crippen molar-refractivity contribution in [1.29, 1.82) is 0 Å². The molecule has 3 N–H and O–H groups in total. The molecule has 21 heavy (non-hydrogen) atoms. The van der Waals surface area contributed by atoms with Crippen LogP contribution in [0.5, 0.6) is 5.75 Å². The lowest BCUT2D eigenvalue weighted by molar-refractivity contribution is 0.416. The van der Waals surface area contributed by atoms with E-state index in [2.05, 4.69) is 33.4 Å². The van der Waals surface area contributed by atoms with Crippen LogP contribution in [0, 0.1) is 0 Å². The summed E-state index contributed by atoms with van der Waals surface area (Å²) in [4.78, 5) is 6.51. The zero-order valence-electron chi connectivity index (χ0n) is 12.2. The fraction of sp³-hybridized carbons (Fsp3) is 0.312. The lowest BCUT2D eigenvalue weighted by Gasteiger charge is -2.30. The van der Waals surface area contributed by atoms with Gasteiger partial charge in [-0.2, -0.15) is 0 Å². The topological polar surface area (TPSA) is 63.4 Å². The number of methoxy groups -OCH3 is 1. The third kappa shape index (κ3) is 2.92. The number of hydrogen-bond donors (Lipinski definition) is 2. The normalized spacial score (nSPS) is 15.0. The van der Waals surface area contributed by atoms with Gasteiger partial charge in [0.15, 0.2) is 0 Å². The zero-order valence-corrected chi connectivity index (χ0v) is 12.2. The quantitative estimate of drug-likeness (QED) is 0.899. The highest BCUT2D eigenvalue weighted by Gasteiger charge is 2.13. The van der Waals surface area contributed by atoms with Crippen molar-refractivity contribution in [3.8, 4) is 16.9 Å². The van der Waals surface area contributed by atoms with Crippen molar-refractivity contribution in [3.05, 3.63) is 36.5 Å². The summed E-state index contributed by atoms with van der Waals surface area (Å²) in [6.45, 7) is 4.08. The number of ether oxygens (including phenoxy) is 1. The van der Waals surface area contributed by atoms with Gasteiger partial charge in [-0.25, -0.2) is 4.98 Å². The molecule has 0 saturated carbocycles. The number of nitrogens with two attached hydrogens (primary N) is 1. The van der Waals surface area contributed by atoms with Gasteiger partial charge in [-0.05, 0) is 24.3 Å². The standard InChI is InChI=1S/C16H20N4O/c1-21-15-10-13(20-8-6-18-7-9-20)3-4-14(15)12-2-5-16(17)19-11-12/h2-5,10-11,18H,6-9H2,1H3,(H2,17,19). The molecule has 1 fully saturated rings. The maximum absolute atomic E-state index is 5.64. The van der Waals surface area contributed by atoms with Gasteiger partial charge in [0.05, 0.1) is 7.11 Å². The Labute approximate surface area is 124 Å². The first-order valence-corrected chi connectivity index (χ1v) is 7.13. The lowest BCUT2D eigenvalue weighted by Crippen LogP contribution is -2.43. The molecule has 0 aliphatic carbocycles. The second-order valence-electron chi connectivity index (χ2n) is 5.09. The summed E-state index contributed by atoms with van der Waals surface area (Å²) < 4.78 is 5.56. The van der Waals surface area contributed by atoms with Crippen molar-refractivity contribution in [3.63, 3.8) is 0 Å². The van der Waals surface area contributed by atoms with Crippen LogP contribution in [0.2, 0.25) is 0 Å². The number of piperazine rings is 1. The van der Waals surface area contributed by atoms with Crippen LogP contribution in [0.15, 0.2) is 36.5 Å².